The Bertz CT molecular complexity index is 1230. The van der Waals surface area contributed by atoms with E-state index in [1.54, 1.807) is 12.1 Å². The van der Waals surface area contributed by atoms with Gasteiger partial charge in [-0.1, -0.05) is 65.8 Å². The smallest absolute Gasteiger partial charge is 0.325 e. The third-order valence-corrected chi connectivity index (χ3v) is 5.59. The fourth-order valence-electron chi connectivity index (χ4n) is 2.89. The van der Waals surface area contributed by atoms with Crippen LogP contribution in [0.25, 0.3) is 16.8 Å². The Morgan fingerprint density at radius 3 is 2.39 bits per heavy atom. The maximum atomic E-state index is 13.0. The molecule has 0 radical (unpaired) electrons. The SMILES string of the molecule is O=C(CSc1nnc2c(Cl)cc(C(F)(F)F)cn12)Nc1ccc(-c2ccccc2)cc1. The summed E-state index contributed by atoms with van der Waals surface area (Å²) < 4.78 is 40.3. The summed E-state index contributed by atoms with van der Waals surface area (Å²) in [4.78, 5) is 12.3. The number of nitrogens with zero attached hydrogens (tertiary/aromatic N) is 3. The highest BCUT2D eigenvalue weighted by atomic mass is 35.5. The minimum Gasteiger partial charge on any atom is -0.325 e. The summed E-state index contributed by atoms with van der Waals surface area (Å²) in [7, 11) is 0. The number of thioether (sulfide) groups is 1. The molecular weight excluding hydrogens is 449 g/mol. The molecule has 0 spiro atoms. The van der Waals surface area contributed by atoms with E-state index < -0.39 is 11.7 Å². The van der Waals surface area contributed by atoms with Gasteiger partial charge < -0.3 is 5.32 Å². The summed E-state index contributed by atoms with van der Waals surface area (Å²) in [6, 6.07) is 18.0. The van der Waals surface area contributed by atoms with E-state index in [9.17, 15) is 18.0 Å². The number of carbonyl (C=O) groups is 1. The van der Waals surface area contributed by atoms with Crippen molar-refractivity contribution in [3.8, 4) is 11.1 Å². The molecule has 0 unspecified atom stereocenters. The summed E-state index contributed by atoms with van der Waals surface area (Å²) in [6.07, 6.45) is -3.70. The van der Waals surface area contributed by atoms with E-state index in [1.807, 2.05) is 42.5 Å². The number of fused-ring (bicyclic) bond motifs is 1. The highest BCUT2D eigenvalue weighted by molar-refractivity contribution is 7.99. The van der Waals surface area contributed by atoms with Gasteiger partial charge in [-0.25, -0.2) is 0 Å². The first kappa shape index (κ1) is 21.2. The Morgan fingerprint density at radius 1 is 1.03 bits per heavy atom. The maximum Gasteiger partial charge on any atom is 0.417 e. The molecule has 31 heavy (non-hydrogen) atoms. The van der Waals surface area contributed by atoms with E-state index in [2.05, 4.69) is 15.5 Å². The molecule has 1 amide bonds. The number of hydrogen-bond donors (Lipinski definition) is 1. The minimum absolute atomic E-state index is 0.0604. The lowest BCUT2D eigenvalue weighted by atomic mass is 10.1. The van der Waals surface area contributed by atoms with Crippen LogP contribution in [0.2, 0.25) is 5.02 Å². The molecule has 2 aromatic carbocycles. The summed E-state index contributed by atoms with van der Waals surface area (Å²) in [6.45, 7) is 0. The van der Waals surface area contributed by atoms with Crippen molar-refractivity contribution in [2.75, 3.05) is 11.1 Å². The first-order chi connectivity index (χ1) is 14.8. The van der Waals surface area contributed by atoms with Gasteiger partial charge in [0.15, 0.2) is 10.8 Å². The Hall–Kier alpha value is -3.04. The van der Waals surface area contributed by atoms with Crippen molar-refractivity contribution < 1.29 is 18.0 Å². The first-order valence-electron chi connectivity index (χ1n) is 9.01. The van der Waals surface area contributed by atoms with Crippen LogP contribution < -0.4 is 5.32 Å². The maximum absolute atomic E-state index is 13.0. The topological polar surface area (TPSA) is 59.3 Å². The van der Waals surface area contributed by atoms with Gasteiger partial charge in [-0.15, -0.1) is 10.2 Å². The van der Waals surface area contributed by atoms with Gasteiger partial charge in [0, 0.05) is 11.9 Å². The molecule has 2 heterocycles. The summed E-state index contributed by atoms with van der Waals surface area (Å²) in [5.74, 6) is -0.387. The first-order valence-corrected chi connectivity index (χ1v) is 10.4. The second kappa shape index (κ2) is 8.60. The number of hydrogen-bond acceptors (Lipinski definition) is 4. The molecule has 4 aromatic rings. The molecule has 5 nitrogen and oxygen atoms in total. The van der Waals surface area contributed by atoms with Gasteiger partial charge in [0.25, 0.3) is 0 Å². The zero-order valence-corrected chi connectivity index (χ0v) is 17.3. The molecule has 10 heteroatoms. The summed E-state index contributed by atoms with van der Waals surface area (Å²) >= 11 is 6.86. The molecular formula is C21H14ClF3N4OS. The lowest BCUT2D eigenvalue weighted by Crippen LogP contribution is -2.14. The molecule has 0 bridgehead atoms. The van der Waals surface area contributed by atoms with E-state index >= 15 is 0 Å². The van der Waals surface area contributed by atoms with Crippen molar-refractivity contribution >= 4 is 40.6 Å². The second-order valence-electron chi connectivity index (χ2n) is 6.53. The Labute approximate surface area is 184 Å². The highest BCUT2D eigenvalue weighted by Gasteiger charge is 2.32. The van der Waals surface area contributed by atoms with Gasteiger partial charge in [0.05, 0.1) is 16.3 Å². The quantitative estimate of drug-likeness (QED) is 0.381. The van der Waals surface area contributed by atoms with Crippen LogP contribution in [0.5, 0.6) is 0 Å². The monoisotopic (exact) mass is 462 g/mol. The van der Waals surface area contributed by atoms with Crippen LogP contribution in [-0.4, -0.2) is 26.3 Å². The molecule has 0 saturated heterocycles. The van der Waals surface area contributed by atoms with Crippen LogP contribution in [0.4, 0.5) is 18.9 Å². The number of rotatable bonds is 5. The minimum atomic E-state index is -4.56. The Morgan fingerprint density at radius 2 is 1.71 bits per heavy atom. The van der Waals surface area contributed by atoms with E-state index in [-0.39, 0.29) is 27.5 Å². The Balaban J connectivity index is 1.43. The van der Waals surface area contributed by atoms with Crippen molar-refractivity contribution in [3.63, 3.8) is 0 Å². The van der Waals surface area contributed by atoms with Gasteiger partial charge in [-0.2, -0.15) is 13.2 Å². The van der Waals surface area contributed by atoms with Crippen LogP contribution in [0.1, 0.15) is 5.56 Å². The van der Waals surface area contributed by atoms with E-state index in [0.29, 0.717) is 5.69 Å². The van der Waals surface area contributed by atoms with Crippen molar-refractivity contribution in [1.82, 2.24) is 14.6 Å². The number of amides is 1. The van der Waals surface area contributed by atoms with E-state index in [4.69, 9.17) is 11.6 Å². The number of nitrogens with one attached hydrogen (secondary N) is 1. The Kier molecular flexibility index (Phi) is 5.88. The average Bonchev–Trinajstić information content (AvgIpc) is 3.16. The lowest BCUT2D eigenvalue weighted by molar-refractivity contribution is -0.137. The average molecular weight is 463 g/mol. The van der Waals surface area contributed by atoms with E-state index in [0.717, 1.165) is 39.6 Å². The zero-order valence-electron chi connectivity index (χ0n) is 15.7. The number of anilines is 1. The van der Waals surface area contributed by atoms with Crippen molar-refractivity contribution in [2.45, 2.75) is 11.3 Å². The largest absolute Gasteiger partial charge is 0.417 e. The second-order valence-corrected chi connectivity index (χ2v) is 7.88. The van der Waals surface area contributed by atoms with Crippen LogP contribution >= 0.6 is 23.4 Å². The highest BCUT2D eigenvalue weighted by Crippen LogP contribution is 2.33. The van der Waals surface area contributed by atoms with Crippen molar-refractivity contribution in [1.29, 1.82) is 0 Å². The molecule has 0 atom stereocenters. The number of carbonyl (C=O) groups excluding carboxylic acids is 1. The molecule has 2 aromatic heterocycles. The molecule has 4 rings (SSSR count). The van der Waals surface area contributed by atoms with Gasteiger partial charge in [0.1, 0.15) is 0 Å². The lowest BCUT2D eigenvalue weighted by Gasteiger charge is -2.09. The predicted molar refractivity (Wildman–Crippen MR) is 114 cm³/mol. The molecule has 1 N–H and O–H groups in total. The van der Waals surface area contributed by atoms with Gasteiger partial charge in [-0.05, 0) is 29.3 Å². The molecule has 0 aliphatic rings. The van der Waals surface area contributed by atoms with Gasteiger partial charge >= 0.3 is 6.18 Å². The van der Waals surface area contributed by atoms with Crippen molar-refractivity contribution in [2.24, 2.45) is 0 Å². The normalized spacial score (nSPS) is 11.6. The van der Waals surface area contributed by atoms with Crippen molar-refractivity contribution in [3.05, 3.63) is 77.4 Å². The molecule has 0 saturated carbocycles. The van der Waals surface area contributed by atoms with Crippen LogP contribution in [-0.2, 0) is 11.0 Å². The van der Waals surface area contributed by atoms with Crippen LogP contribution in [0, 0.1) is 0 Å². The van der Waals surface area contributed by atoms with E-state index in [1.165, 1.54) is 0 Å². The fraction of sp³-hybridized carbons (Fsp3) is 0.0952. The van der Waals surface area contributed by atoms with Crippen LogP contribution in [0.15, 0.2) is 72.0 Å². The molecule has 0 aliphatic heterocycles. The zero-order chi connectivity index (χ0) is 22.0. The standard InChI is InChI=1S/C21H14ClF3N4OS/c22-17-10-15(21(23,24)25)11-29-19(17)27-28-20(29)31-12-18(30)26-16-8-6-14(7-9-16)13-4-2-1-3-5-13/h1-11H,12H2,(H,26,30). The fourth-order valence-corrected chi connectivity index (χ4v) is 3.85. The van der Waals surface area contributed by atoms with Gasteiger partial charge in [0.2, 0.25) is 5.91 Å². The summed E-state index contributed by atoms with van der Waals surface area (Å²) in [5, 5.41) is 10.4. The van der Waals surface area contributed by atoms with Crippen LogP contribution in [0.3, 0.4) is 0 Å². The molecule has 0 fully saturated rings. The number of alkyl halides is 3. The number of benzene rings is 2. The van der Waals surface area contributed by atoms with Gasteiger partial charge in [-0.3, -0.25) is 9.20 Å². The number of aromatic nitrogens is 3. The molecule has 158 valence electrons. The predicted octanol–water partition coefficient (Wildman–Crippen LogP) is 5.80. The summed E-state index contributed by atoms with van der Waals surface area (Å²) in [5.41, 5.74) is 1.86. The third kappa shape index (κ3) is 4.83. The molecule has 0 aliphatic carbocycles. The number of halogens is 4. The number of pyridine rings is 1. The third-order valence-electron chi connectivity index (χ3n) is 4.36.